The number of carboxylic acid groups (broad SMARTS) is 1. The van der Waals surface area contributed by atoms with E-state index in [0.29, 0.717) is 0 Å². The Morgan fingerprint density at radius 2 is 1.76 bits per heavy atom. The number of sulfonamides is 1. The molecular formula is C10H13NO5S. The SMILES string of the molecule is Cc1ccc(S(=O)(=O)NC(C)(O)C(=O)O)cc1. The average molecular weight is 259 g/mol. The van der Waals surface area contributed by atoms with Gasteiger partial charge in [0.1, 0.15) is 0 Å². The minimum atomic E-state index is -4.06. The Morgan fingerprint density at radius 1 is 1.29 bits per heavy atom. The molecule has 0 heterocycles. The third kappa shape index (κ3) is 3.26. The molecule has 0 aliphatic carbocycles. The van der Waals surface area contributed by atoms with Crippen LogP contribution in [-0.4, -0.2) is 30.3 Å². The molecule has 6 nitrogen and oxygen atoms in total. The van der Waals surface area contributed by atoms with E-state index < -0.39 is 21.7 Å². The van der Waals surface area contributed by atoms with Crippen molar-refractivity contribution in [3.8, 4) is 0 Å². The minimum absolute atomic E-state index is 0.107. The van der Waals surface area contributed by atoms with Gasteiger partial charge in [-0.2, -0.15) is 4.72 Å². The highest BCUT2D eigenvalue weighted by atomic mass is 32.2. The van der Waals surface area contributed by atoms with Crippen molar-refractivity contribution in [2.24, 2.45) is 0 Å². The molecule has 0 spiro atoms. The van der Waals surface area contributed by atoms with Crippen LogP contribution in [0.4, 0.5) is 0 Å². The monoisotopic (exact) mass is 259 g/mol. The molecule has 0 saturated carbocycles. The first-order valence-corrected chi connectivity index (χ1v) is 6.20. The van der Waals surface area contributed by atoms with Gasteiger partial charge in [-0.1, -0.05) is 17.7 Å². The highest BCUT2D eigenvalue weighted by Gasteiger charge is 2.35. The molecule has 0 bridgehead atoms. The van der Waals surface area contributed by atoms with Crippen LogP contribution in [-0.2, 0) is 14.8 Å². The summed E-state index contributed by atoms with van der Waals surface area (Å²) in [5, 5.41) is 18.0. The summed E-state index contributed by atoms with van der Waals surface area (Å²) in [6.07, 6.45) is 0. The molecule has 17 heavy (non-hydrogen) atoms. The highest BCUT2D eigenvalue weighted by molar-refractivity contribution is 7.89. The van der Waals surface area contributed by atoms with E-state index in [-0.39, 0.29) is 4.90 Å². The van der Waals surface area contributed by atoms with E-state index in [1.165, 1.54) is 12.1 Å². The number of carboxylic acids is 1. The Hall–Kier alpha value is -1.44. The molecule has 7 heteroatoms. The predicted octanol–water partition coefficient (Wildman–Crippen LogP) is 0.0664. The van der Waals surface area contributed by atoms with Crippen LogP contribution in [0, 0.1) is 6.92 Å². The van der Waals surface area contributed by atoms with Gasteiger partial charge in [-0.15, -0.1) is 0 Å². The number of hydrogen-bond donors (Lipinski definition) is 3. The van der Waals surface area contributed by atoms with Crippen LogP contribution in [0.15, 0.2) is 29.2 Å². The molecule has 3 N–H and O–H groups in total. The standard InChI is InChI=1S/C10H13NO5S/c1-7-3-5-8(6-4-7)17(15,16)11-10(2,14)9(12)13/h3-6,11,14H,1-2H3,(H,12,13). The van der Waals surface area contributed by atoms with E-state index in [4.69, 9.17) is 5.11 Å². The maximum atomic E-state index is 11.7. The van der Waals surface area contributed by atoms with E-state index in [1.54, 1.807) is 23.8 Å². The molecule has 0 fully saturated rings. The van der Waals surface area contributed by atoms with Gasteiger partial charge in [0.05, 0.1) is 4.90 Å². The third-order valence-electron chi connectivity index (χ3n) is 2.08. The van der Waals surface area contributed by atoms with Gasteiger partial charge in [0.2, 0.25) is 15.7 Å². The minimum Gasteiger partial charge on any atom is -0.478 e. The van der Waals surface area contributed by atoms with E-state index in [9.17, 15) is 18.3 Å². The second-order valence-corrected chi connectivity index (χ2v) is 5.48. The molecule has 94 valence electrons. The molecule has 0 aliphatic heterocycles. The van der Waals surface area contributed by atoms with Crippen LogP contribution >= 0.6 is 0 Å². The Morgan fingerprint density at radius 3 is 2.18 bits per heavy atom. The van der Waals surface area contributed by atoms with Crippen LogP contribution in [0.25, 0.3) is 0 Å². The number of aliphatic hydroxyl groups is 1. The van der Waals surface area contributed by atoms with Crippen LogP contribution in [0.2, 0.25) is 0 Å². The van der Waals surface area contributed by atoms with Crippen molar-refractivity contribution in [2.45, 2.75) is 24.5 Å². The van der Waals surface area contributed by atoms with E-state index >= 15 is 0 Å². The smallest absolute Gasteiger partial charge is 0.351 e. The normalized spacial score (nSPS) is 15.2. The lowest BCUT2D eigenvalue weighted by Crippen LogP contribution is -2.51. The number of carbonyl (C=O) groups is 1. The van der Waals surface area contributed by atoms with Crippen molar-refractivity contribution < 1.29 is 23.4 Å². The molecule has 1 aromatic carbocycles. The van der Waals surface area contributed by atoms with E-state index in [2.05, 4.69) is 0 Å². The zero-order valence-corrected chi connectivity index (χ0v) is 10.2. The molecule has 0 aromatic heterocycles. The second-order valence-electron chi connectivity index (χ2n) is 3.80. The van der Waals surface area contributed by atoms with Crippen LogP contribution in [0.3, 0.4) is 0 Å². The number of aliphatic carboxylic acids is 1. The lowest BCUT2D eigenvalue weighted by atomic mass is 10.2. The van der Waals surface area contributed by atoms with Crippen molar-refractivity contribution >= 4 is 16.0 Å². The van der Waals surface area contributed by atoms with Crippen LogP contribution in [0.5, 0.6) is 0 Å². The summed E-state index contributed by atoms with van der Waals surface area (Å²) in [4.78, 5) is 10.5. The van der Waals surface area contributed by atoms with Gasteiger partial charge in [0, 0.05) is 0 Å². The number of rotatable bonds is 4. The lowest BCUT2D eigenvalue weighted by molar-refractivity contribution is -0.157. The van der Waals surface area contributed by atoms with Gasteiger partial charge < -0.3 is 10.2 Å². The van der Waals surface area contributed by atoms with Crippen molar-refractivity contribution in [1.29, 1.82) is 0 Å². The molecule has 0 saturated heterocycles. The number of nitrogens with one attached hydrogen (secondary N) is 1. The molecule has 0 amide bonds. The molecule has 1 unspecified atom stereocenters. The maximum absolute atomic E-state index is 11.7. The number of aryl methyl sites for hydroxylation is 1. The second kappa shape index (κ2) is 4.44. The largest absolute Gasteiger partial charge is 0.478 e. The molecule has 0 aliphatic rings. The van der Waals surface area contributed by atoms with E-state index in [0.717, 1.165) is 12.5 Å². The van der Waals surface area contributed by atoms with Gasteiger partial charge in [-0.05, 0) is 26.0 Å². The summed E-state index contributed by atoms with van der Waals surface area (Å²) < 4.78 is 25.2. The first-order chi connectivity index (χ1) is 7.65. The lowest BCUT2D eigenvalue weighted by Gasteiger charge is -2.19. The number of hydrogen-bond acceptors (Lipinski definition) is 4. The summed E-state index contributed by atoms with van der Waals surface area (Å²) in [6.45, 7) is 2.64. The average Bonchev–Trinajstić information content (AvgIpc) is 2.16. The summed E-state index contributed by atoms with van der Waals surface area (Å²) in [7, 11) is -4.06. The molecular weight excluding hydrogens is 246 g/mol. The topological polar surface area (TPSA) is 104 Å². The fraction of sp³-hybridized carbons (Fsp3) is 0.300. The predicted molar refractivity (Wildman–Crippen MR) is 59.8 cm³/mol. The molecule has 0 radical (unpaired) electrons. The van der Waals surface area contributed by atoms with Gasteiger partial charge in [0.25, 0.3) is 0 Å². The van der Waals surface area contributed by atoms with E-state index in [1.807, 2.05) is 0 Å². The Labute approximate surface area is 99.0 Å². The zero-order valence-electron chi connectivity index (χ0n) is 9.34. The highest BCUT2D eigenvalue weighted by Crippen LogP contribution is 2.12. The van der Waals surface area contributed by atoms with Gasteiger partial charge in [-0.3, -0.25) is 0 Å². The van der Waals surface area contributed by atoms with Crippen molar-refractivity contribution in [1.82, 2.24) is 4.72 Å². The van der Waals surface area contributed by atoms with Crippen molar-refractivity contribution in [2.75, 3.05) is 0 Å². The molecule has 1 atom stereocenters. The maximum Gasteiger partial charge on any atom is 0.351 e. The quantitative estimate of drug-likeness (QED) is 0.664. The summed E-state index contributed by atoms with van der Waals surface area (Å²) in [5.41, 5.74) is -1.67. The fourth-order valence-electron chi connectivity index (χ4n) is 1.08. The zero-order chi connectivity index (χ0) is 13.3. The van der Waals surface area contributed by atoms with Crippen molar-refractivity contribution in [3.63, 3.8) is 0 Å². The summed E-state index contributed by atoms with van der Waals surface area (Å²) in [6, 6.07) is 5.80. The van der Waals surface area contributed by atoms with Gasteiger partial charge in [-0.25, -0.2) is 13.2 Å². The summed E-state index contributed by atoms with van der Waals surface area (Å²) in [5.74, 6) is -1.67. The molecule has 1 rings (SSSR count). The fourth-order valence-corrected chi connectivity index (χ4v) is 2.30. The van der Waals surface area contributed by atoms with Crippen molar-refractivity contribution in [3.05, 3.63) is 29.8 Å². The Balaban J connectivity index is 3.05. The summed E-state index contributed by atoms with van der Waals surface area (Å²) >= 11 is 0. The molecule has 1 aromatic rings. The number of benzene rings is 1. The first-order valence-electron chi connectivity index (χ1n) is 4.71. The third-order valence-corrected chi connectivity index (χ3v) is 3.64. The van der Waals surface area contributed by atoms with Gasteiger partial charge in [0.15, 0.2) is 0 Å². The Kier molecular flexibility index (Phi) is 3.56. The van der Waals surface area contributed by atoms with Gasteiger partial charge >= 0.3 is 5.97 Å². The Bertz CT molecular complexity index is 518. The van der Waals surface area contributed by atoms with Crippen LogP contribution in [0.1, 0.15) is 12.5 Å². The first kappa shape index (κ1) is 13.6. The van der Waals surface area contributed by atoms with Crippen LogP contribution < -0.4 is 4.72 Å².